The third-order valence-corrected chi connectivity index (χ3v) is 3.39. The van der Waals surface area contributed by atoms with Gasteiger partial charge in [-0.2, -0.15) is 5.10 Å². The number of hydrogen-bond donors (Lipinski definition) is 1. The molecule has 0 aliphatic heterocycles. The first-order valence-electron chi connectivity index (χ1n) is 6.38. The predicted octanol–water partition coefficient (Wildman–Crippen LogP) is 2.38. The molecule has 0 fully saturated rings. The summed E-state index contributed by atoms with van der Waals surface area (Å²) >= 11 is 0. The molecule has 3 nitrogen and oxygen atoms in total. The van der Waals surface area contributed by atoms with Crippen LogP contribution in [0.25, 0.3) is 0 Å². The number of aryl methyl sites for hydroxylation is 1. The van der Waals surface area contributed by atoms with Gasteiger partial charge in [0.05, 0.1) is 6.20 Å². The second kappa shape index (κ2) is 6.69. The maximum atomic E-state index is 4.17. The van der Waals surface area contributed by atoms with Gasteiger partial charge in [-0.1, -0.05) is 26.7 Å². The van der Waals surface area contributed by atoms with E-state index >= 15 is 0 Å². The number of hydrogen-bond acceptors (Lipinski definition) is 2. The van der Waals surface area contributed by atoms with Crippen LogP contribution >= 0.6 is 0 Å². The molecule has 92 valence electrons. The third-order valence-electron chi connectivity index (χ3n) is 3.39. The van der Waals surface area contributed by atoms with Crippen molar-refractivity contribution in [3.05, 3.63) is 18.0 Å². The quantitative estimate of drug-likeness (QED) is 0.769. The topological polar surface area (TPSA) is 29.9 Å². The summed E-state index contributed by atoms with van der Waals surface area (Å²) < 4.78 is 1.86. The smallest absolute Gasteiger partial charge is 0.0522 e. The summed E-state index contributed by atoms with van der Waals surface area (Å²) in [5.41, 5.74) is 1.31. The Morgan fingerprint density at radius 2 is 2.06 bits per heavy atom. The molecule has 1 aromatic rings. The molecule has 0 saturated carbocycles. The fraction of sp³-hybridized carbons (Fsp3) is 0.769. The van der Waals surface area contributed by atoms with Gasteiger partial charge < -0.3 is 5.32 Å². The summed E-state index contributed by atoms with van der Waals surface area (Å²) in [6.07, 6.45) is 7.63. The van der Waals surface area contributed by atoms with Gasteiger partial charge in [0, 0.05) is 19.3 Å². The molecule has 0 radical (unpaired) electrons. The fourth-order valence-corrected chi connectivity index (χ4v) is 2.21. The van der Waals surface area contributed by atoms with Crippen LogP contribution in [-0.2, 0) is 13.5 Å². The minimum absolute atomic E-state index is 0.617. The van der Waals surface area contributed by atoms with Gasteiger partial charge in [-0.05, 0) is 31.4 Å². The Labute approximate surface area is 99.2 Å². The molecular weight excluding hydrogens is 198 g/mol. The van der Waals surface area contributed by atoms with Crippen molar-refractivity contribution in [2.45, 2.75) is 46.1 Å². The molecule has 0 spiro atoms. The lowest BCUT2D eigenvalue weighted by atomic mass is 9.95. The number of nitrogens with one attached hydrogen (secondary N) is 1. The second-order valence-electron chi connectivity index (χ2n) is 4.59. The first-order valence-corrected chi connectivity index (χ1v) is 6.38. The fourth-order valence-electron chi connectivity index (χ4n) is 2.21. The SMILES string of the molecule is CCC(CC)C(C)NCCc1cnn(C)c1. The monoisotopic (exact) mass is 223 g/mol. The summed E-state index contributed by atoms with van der Waals surface area (Å²) in [6, 6.07) is 0.617. The van der Waals surface area contributed by atoms with Crippen LogP contribution in [0.4, 0.5) is 0 Å². The molecule has 0 bridgehead atoms. The van der Waals surface area contributed by atoms with E-state index in [1.54, 1.807) is 0 Å². The van der Waals surface area contributed by atoms with Crippen LogP contribution in [0.5, 0.6) is 0 Å². The Morgan fingerprint density at radius 1 is 1.38 bits per heavy atom. The van der Waals surface area contributed by atoms with E-state index in [0.717, 1.165) is 18.9 Å². The molecule has 1 rings (SSSR count). The van der Waals surface area contributed by atoms with E-state index in [0.29, 0.717) is 6.04 Å². The highest BCUT2D eigenvalue weighted by Crippen LogP contribution is 2.12. The molecule has 1 aromatic heterocycles. The van der Waals surface area contributed by atoms with Gasteiger partial charge in [0.25, 0.3) is 0 Å². The highest BCUT2D eigenvalue weighted by molar-refractivity contribution is 5.03. The average molecular weight is 223 g/mol. The van der Waals surface area contributed by atoms with Crippen molar-refractivity contribution in [1.82, 2.24) is 15.1 Å². The number of nitrogens with zero attached hydrogens (tertiary/aromatic N) is 2. The number of aromatic nitrogens is 2. The minimum Gasteiger partial charge on any atom is -0.314 e. The van der Waals surface area contributed by atoms with Gasteiger partial charge in [-0.25, -0.2) is 0 Å². The van der Waals surface area contributed by atoms with E-state index in [1.165, 1.54) is 18.4 Å². The van der Waals surface area contributed by atoms with Crippen molar-refractivity contribution in [3.8, 4) is 0 Å². The minimum atomic E-state index is 0.617. The summed E-state index contributed by atoms with van der Waals surface area (Å²) in [5.74, 6) is 0.800. The summed E-state index contributed by atoms with van der Waals surface area (Å²) in [5, 5.41) is 7.78. The molecule has 0 aliphatic carbocycles. The predicted molar refractivity (Wildman–Crippen MR) is 68.4 cm³/mol. The van der Waals surface area contributed by atoms with Crippen molar-refractivity contribution in [3.63, 3.8) is 0 Å². The van der Waals surface area contributed by atoms with Crippen LogP contribution < -0.4 is 5.32 Å². The Morgan fingerprint density at radius 3 is 2.56 bits per heavy atom. The lowest BCUT2D eigenvalue weighted by Crippen LogP contribution is -2.34. The maximum Gasteiger partial charge on any atom is 0.0522 e. The van der Waals surface area contributed by atoms with Gasteiger partial charge in [-0.3, -0.25) is 4.68 Å². The Kier molecular flexibility index (Phi) is 5.53. The van der Waals surface area contributed by atoms with Crippen molar-refractivity contribution >= 4 is 0 Å². The van der Waals surface area contributed by atoms with Gasteiger partial charge in [0.15, 0.2) is 0 Å². The molecule has 0 aromatic carbocycles. The van der Waals surface area contributed by atoms with E-state index in [9.17, 15) is 0 Å². The Balaban J connectivity index is 2.24. The molecular formula is C13H25N3. The Bertz CT molecular complexity index is 289. The normalized spacial score (nSPS) is 13.3. The molecule has 1 unspecified atom stereocenters. The second-order valence-corrected chi connectivity index (χ2v) is 4.59. The van der Waals surface area contributed by atoms with Crippen LogP contribution in [0.1, 0.15) is 39.2 Å². The van der Waals surface area contributed by atoms with Crippen LogP contribution in [-0.4, -0.2) is 22.4 Å². The van der Waals surface area contributed by atoms with Crippen LogP contribution in [0.2, 0.25) is 0 Å². The first kappa shape index (κ1) is 13.2. The van der Waals surface area contributed by atoms with Gasteiger partial charge in [0.2, 0.25) is 0 Å². The maximum absolute atomic E-state index is 4.17. The highest BCUT2D eigenvalue weighted by atomic mass is 15.2. The van der Waals surface area contributed by atoms with Gasteiger partial charge >= 0.3 is 0 Å². The zero-order valence-electron chi connectivity index (χ0n) is 11.0. The molecule has 1 atom stereocenters. The number of rotatable bonds is 7. The molecule has 1 heterocycles. The summed E-state index contributed by atoms with van der Waals surface area (Å²) in [6.45, 7) is 7.88. The molecule has 0 aliphatic rings. The lowest BCUT2D eigenvalue weighted by Gasteiger charge is -2.22. The van der Waals surface area contributed by atoms with Crippen molar-refractivity contribution < 1.29 is 0 Å². The van der Waals surface area contributed by atoms with E-state index < -0.39 is 0 Å². The zero-order chi connectivity index (χ0) is 12.0. The van der Waals surface area contributed by atoms with Crippen LogP contribution in [0.15, 0.2) is 12.4 Å². The summed E-state index contributed by atoms with van der Waals surface area (Å²) in [4.78, 5) is 0. The van der Waals surface area contributed by atoms with E-state index in [-0.39, 0.29) is 0 Å². The van der Waals surface area contributed by atoms with E-state index in [1.807, 2.05) is 17.9 Å². The van der Waals surface area contributed by atoms with Crippen LogP contribution in [0, 0.1) is 5.92 Å². The highest BCUT2D eigenvalue weighted by Gasteiger charge is 2.12. The standard InChI is InChI=1S/C13H25N3/c1-5-13(6-2)11(3)14-8-7-12-9-15-16(4)10-12/h9-11,13-14H,5-8H2,1-4H3. The molecule has 3 heteroatoms. The third kappa shape index (κ3) is 3.97. The van der Waals surface area contributed by atoms with Crippen molar-refractivity contribution in [2.24, 2.45) is 13.0 Å². The first-order chi connectivity index (χ1) is 7.67. The van der Waals surface area contributed by atoms with Gasteiger partial charge in [0.1, 0.15) is 0 Å². The Hall–Kier alpha value is -0.830. The average Bonchev–Trinajstić information content (AvgIpc) is 2.66. The van der Waals surface area contributed by atoms with Crippen molar-refractivity contribution in [2.75, 3.05) is 6.54 Å². The van der Waals surface area contributed by atoms with Gasteiger partial charge in [-0.15, -0.1) is 0 Å². The summed E-state index contributed by atoms with van der Waals surface area (Å²) in [7, 11) is 1.96. The van der Waals surface area contributed by atoms with E-state index in [2.05, 4.69) is 37.4 Å². The zero-order valence-corrected chi connectivity index (χ0v) is 11.0. The lowest BCUT2D eigenvalue weighted by molar-refractivity contribution is 0.356. The molecule has 16 heavy (non-hydrogen) atoms. The largest absolute Gasteiger partial charge is 0.314 e. The molecule has 0 saturated heterocycles. The molecule has 0 amide bonds. The van der Waals surface area contributed by atoms with Crippen molar-refractivity contribution in [1.29, 1.82) is 0 Å². The molecule has 1 N–H and O–H groups in total. The van der Waals surface area contributed by atoms with Crippen LogP contribution in [0.3, 0.4) is 0 Å². The van der Waals surface area contributed by atoms with E-state index in [4.69, 9.17) is 0 Å².